The SMILES string of the molecule is O=C1CCCc2nc(Cc3ccccn3)ncc21. The predicted octanol–water partition coefficient (Wildman–Crippen LogP) is 1.98. The van der Waals surface area contributed by atoms with Gasteiger partial charge in [0.25, 0.3) is 0 Å². The number of carbonyl (C=O) groups is 1. The fraction of sp³-hybridized carbons (Fsp3) is 0.286. The van der Waals surface area contributed by atoms with Gasteiger partial charge in [0, 0.05) is 24.5 Å². The molecule has 0 saturated carbocycles. The van der Waals surface area contributed by atoms with Crippen LogP contribution >= 0.6 is 0 Å². The normalized spacial score (nSPS) is 14.3. The van der Waals surface area contributed by atoms with Gasteiger partial charge in [-0.25, -0.2) is 9.97 Å². The summed E-state index contributed by atoms with van der Waals surface area (Å²) in [4.78, 5) is 24.7. The van der Waals surface area contributed by atoms with Crippen molar-refractivity contribution in [1.29, 1.82) is 0 Å². The minimum absolute atomic E-state index is 0.167. The van der Waals surface area contributed by atoms with Crippen molar-refractivity contribution in [2.75, 3.05) is 0 Å². The number of hydrogen-bond donors (Lipinski definition) is 0. The molecule has 0 saturated heterocycles. The van der Waals surface area contributed by atoms with Crippen LogP contribution in [0, 0.1) is 0 Å². The zero-order valence-corrected chi connectivity index (χ0v) is 9.97. The lowest BCUT2D eigenvalue weighted by atomic mass is 9.96. The van der Waals surface area contributed by atoms with Crippen LogP contribution in [-0.2, 0) is 12.8 Å². The maximum Gasteiger partial charge on any atom is 0.166 e. The number of Topliss-reactive ketones (excluding diaryl/α,β-unsaturated/α-hetero) is 1. The molecule has 2 aromatic rings. The Labute approximate surface area is 105 Å². The third-order valence-corrected chi connectivity index (χ3v) is 3.10. The number of nitrogens with zero attached hydrogens (tertiary/aromatic N) is 3. The lowest BCUT2D eigenvalue weighted by Gasteiger charge is -2.13. The van der Waals surface area contributed by atoms with Crippen LogP contribution in [0.2, 0.25) is 0 Å². The van der Waals surface area contributed by atoms with Gasteiger partial charge in [-0.1, -0.05) is 6.07 Å². The van der Waals surface area contributed by atoms with Crippen molar-refractivity contribution in [3.05, 3.63) is 53.4 Å². The van der Waals surface area contributed by atoms with Crippen LogP contribution in [0.5, 0.6) is 0 Å². The van der Waals surface area contributed by atoms with Gasteiger partial charge in [-0.2, -0.15) is 0 Å². The fourth-order valence-electron chi connectivity index (χ4n) is 2.18. The highest BCUT2D eigenvalue weighted by Crippen LogP contribution is 2.18. The average Bonchev–Trinajstić information content (AvgIpc) is 2.40. The molecule has 3 rings (SSSR count). The topological polar surface area (TPSA) is 55.7 Å². The molecule has 4 heteroatoms. The van der Waals surface area contributed by atoms with Gasteiger partial charge >= 0.3 is 0 Å². The summed E-state index contributed by atoms with van der Waals surface area (Å²) in [5.74, 6) is 0.905. The van der Waals surface area contributed by atoms with E-state index < -0.39 is 0 Å². The molecule has 0 atom stereocenters. The molecular weight excluding hydrogens is 226 g/mol. The van der Waals surface area contributed by atoms with E-state index in [1.807, 2.05) is 18.2 Å². The van der Waals surface area contributed by atoms with E-state index in [1.54, 1.807) is 12.4 Å². The van der Waals surface area contributed by atoms with E-state index in [1.165, 1.54) is 0 Å². The molecule has 2 heterocycles. The van der Waals surface area contributed by atoms with E-state index in [2.05, 4.69) is 15.0 Å². The first-order valence-electron chi connectivity index (χ1n) is 6.11. The van der Waals surface area contributed by atoms with Gasteiger partial charge in [0.2, 0.25) is 0 Å². The van der Waals surface area contributed by atoms with E-state index in [4.69, 9.17) is 0 Å². The van der Waals surface area contributed by atoms with Crippen LogP contribution in [0.1, 0.15) is 40.4 Å². The number of aromatic nitrogens is 3. The molecule has 4 nitrogen and oxygen atoms in total. The summed E-state index contributed by atoms with van der Waals surface area (Å²) < 4.78 is 0. The summed E-state index contributed by atoms with van der Waals surface area (Å²) in [5.41, 5.74) is 2.54. The molecule has 18 heavy (non-hydrogen) atoms. The highest BCUT2D eigenvalue weighted by atomic mass is 16.1. The summed E-state index contributed by atoms with van der Waals surface area (Å²) in [5, 5.41) is 0. The zero-order chi connectivity index (χ0) is 12.4. The predicted molar refractivity (Wildman–Crippen MR) is 66.3 cm³/mol. The third kappa shape index (κ3) is 2.14. The molecule has 0 bridgehead atoms. The summed E-state index contributed by atoms with van der Waals surface area (Å²) in [6.07, 6.45) is 6.43. The van der Waals surface area contributed by atoms with E-state index in [-0.39, 0.29) is 5.78 Å². The molecule has 1 aliphatic carbocycles. The highest BCUT2D eigenvalue weighted by Gasteiger charge is 2.19. The smallest absolute Gasteiger partial charge is 0.166 e. The molecule has 2 aromatic heterocycles. The van der Waals surface area contributed by atoms with Gasteiger partial charge in [0.1, 0.15) is 5.82 Å². The van der Waals surface area contributed by atoms with Crippen molar-refractivity contribution in [1.82, 2.24) is 15.0 Å². The summed E-state index contributed by atoms with van der Waals surface area (Å²) in [7, 11) is 0. The Balaban J connectivity index is 1.89. The number of carbonyl (C=O) groups excluding carboxylic acids is 1. The first-order chi connectivity index (χ1) is 8.83. The van der Waals surface area contributed by atoms with E-state index >= 15 is 0 Å². The number of fused-ring (bicyclic) bond motifs is 1. The van der Waals surface area contributed by atoms with Gasteiger partial charge in [0.05, 0.1) is 17.7 Å². The maximum absolute atomic E-state index is 11.7. The van der Waals surface area contributed by atoms with Crippen molar-refractivity contribution >= 4 is 5.78 Å². The Bertz CT molecular complexity index is 581. The molecular formula is C14H13N3O. The van der Waals surface area contributed by atoms with Crippen molar-refractivity contribution < 1.29 is 4.79 Å². The average molecular weight is 239 g/mol. The van der Waals surface area contributed by atoms with Gasteiger partial charge in [-0.15, -0.1) is 0 Å². The molecule has 0 spiro atoms. The molecule has 0 radical (unpaired) electrons. The second-order valence-electron chi connectivity index (χ2n) is 4.42. The first-order valence-corrected chi connectivity index (χ1v) is 6.11. The second kappa shape index (κ2) is 4.64. The van der Waals surface area contributed by atoms with Gasteiger partial charge < -0.3 is 0 Å². The van der Waals surface area contributed by atoms with Crippen LogP contribution in [-0.4, -0.2) is 20.7 Å². The third-order valence-electron chi connectivity index (χ3n) is 3.10. The van der Waals surface area contributed by atoms with Crippen molar-refractivity contribution in [3.63, 3.8) is 0 Å². The van der Waals surface area contributed by atoms with E-state index in [0.29, 0.717) is 18.4 Å². The Morgan fingerprint density at radius 2 is 2.11 bits per heavy atom. The maximum atomic E-state index is 11.7. The molecule has 0 aliphatic heterocycles. The van der Waals surface area contributed by atoms with Gasteiger partial charge in [-0.3, -0.25) is 9.78 Å². The number of ketones is 1. The zero-order valence-electron chi connectivity index (χ0n) is 9.97. The summed E-state index contributed by atoms with van der Waals surface area (Å²) in [6, 6.07) is 5.79. The number of hydrogen-bond acceptors (Lipinski definition) is 4. The Morgan fingerprint density at radius 3 is 2.94 bits per heavy atom. The highest BCUT2D eigenvalue weighted by molar-refractivity contribution is 5.97. The Hall–Kier alpha value is -2.10. The Morgan fingerprint density at radius 1 is 1.17 bits per heavy atom. The summed E-state index contributed by atoms with van der Waals surface area (Å²) in [6.45, 7) is 0. The molecule has 0 fully saturated rings. The van der Waals surface area contributed by atoms with Crippen LogP contribution < -0.4 is 0 Å². The second-order valence-corrected chi connectivity index (χ2v) is 4.42. The Kier molecular flexibility index (Phi) is 2.84. The molecule has 0 N–H and O–H groups in total. The van der Waals surface area contributed by atoms with Crippen LogP contribution in [0.25, 0.3) is 0 Å². The summed E-state index contributed by atoms with van der Waals surface area (Å²) >= 11 is 0. The lowest BCUT2D eigenvalue weighted by Crippen LogP contribution is -2.15. The first kappa shape index (κ1) is 11.0. The minimum Gasteiger partial charge on any atom is -0.294 e. The fourth-order valence-corrected chi connectivity index (χ4v) is 2.18. The number of aryl methyl sites for hydroxylation is 1. The molecule has 1 aliphatic rings. The lowest BCUT2D eigenvalue weighted by molar-refractivity contribution is 0.0971. The number of rotatable bonds is 2. The quantitative estimate of drug-likeness (QED) is 0.804. The molecule has 0 unspecified atom stereocenters. The minimum atomic E-state index is 0.167. The molecule has 0 aromatic carbocycles. The van der Waals surface area contributed by atoms with Gasteiger partial charge in [0.15, 0.2) is 5.78 Å². The standard InChI is InChI=1S/C14H13N3O/c18-13-6-3-5-12-11(13)9-16-14(17-12)8-10-4-1-2-7-15-10/h1-2,4,7,9H,3,5-6,8H2. The largest absolute Gasteiger partial charge is 0.294 e. The van der Waals surface area contributed by atoms with Crippen LogP contribution in [0.4, 0.5) is 0 Å². The van der Waals surface area contributed by atoms with Crippen molar-refractivity contribution in [3.8, 4) is 0 Å². The van der Waals surface area contributed by atoms with Crippen LogP contribution in [0.3, 0.4) is 0 Å². The van der Waals surface area contributed by atoms with Crippen LogP contribution in [0.15, 0.2) is 30.6 Å². The van der Waals surface area contributed by atoms with Crippen molar-refractivity contribution in [2.24, 2.45) is 0 Å². The van der Waals surface area contributed by atoms with Gasteiger partial charge in [-0.05, 0) is 25.0 Å². The van der Waals surface area contributed by atoms with Crippen molar-refractivity contribution in [2.45, 2.75) is 25.7 Å². The molecule has 0 amide bonds. The monoisotopic (exact) mass is 239 g/mol. The van der Waals surface area contributed by atoms with E-state index in [0.717, 1.165) is 30.1 Å². The van der Waals surface area contributed by atoms with E-state index in [9.17, 15) is 4.79 Å². The number of pyridine rings is 1. The molecule has 90 valence electrons.